The number of aliphatic hydroxyl groups is 1. The third-order valence-electron chi connectivity index (χ3n) is 6.07. The third kappa shape index (κ3) is 2.49. The van der Waals surface area contributed by atoms with E-state index in [1.165, 1.54) is 29.4 Å². The number of rotatable bonds is 2. The zero-order valence-corrected chi connectivity index (χ0v) is 16.4. The maximum atomic E-state index is 9.70. The number of aliphatic hydroxyl groups excluding tert-OH is 1. The van der Waals surface area contributed by atoms with Crippen molar-refractivity contribution in [2.24, 2.45) is 0 Å². The summed E-state index contributed by atoms with van der Waals surface area (Å²) in [4.78, 5) is 10.6. The first kappa shape index (κ1) is 16.8. The predicted molar refractivity (Wildman–Crippen MR) is 108 cm³/mol. The molecule has 5 heterocycles. The van der Waals surface area contributed by atoms with Crippen LogP contribution in [0.1, 0.15) is 24.0 Å². The normalized spacial score (nSPS) is 20.6. The van der Waals surface area contributed by atoms with E-state index >= 15 is 0 Å². The summed E-state index contributed by atoms with van der Waals surface area (Å²) in [5.74, 6) is 1.97. The molecule has 6 rings (SSSR count). The zero-order valence-electron chi connectivity index (χ0n) is 15.6. The first-order valence-electron chi connectivity index (χ1n) is 10.0. The van der Waals surface area contributed by atoms with Crippen LogP contribution in [-0.4, -0.2) is 71.0 Å². The van der Waals surface area contributed by atoms with Crippen LogP contribution in [0.5, 0.6) is 0 Å². The summed E-state index contributed by atoms with van der Waals surface area (Å²) in [5.41, 5.74) is 3.71. The summed E-state index contributed by atoms with van der Waals surface area (Å²) in [7, 11) is 0. The maximum Gasteiger partial charge on any atom is 0.173 e. The van der Waals surface area contributed by atoms with Crippen molar-refractivity contribution >= 4 is 43.4 Å². The molecule has 8 nitrogen and oxygen atoms in total. The molecule has 2 saturated heterocycles. The lowest BCUT2D eigenvalue weighted by atomic mass is 9.90. The number of aromatic nitrogens is 4. The molecule has 2 aliphatic heterocycles. The van der Waals surface area contributed by atoms with Gasteiger partial charge < -0.3 is 19.6 Å². The molecule has 0 bridgehead atoms. The Bertz CT molecular complexity index is 1060. The molecule has 0 aromatic carbocycles. The lowest BCUT2D eigenvalue weighted by molar-refractivity contribution is 0.122. The highest BCUT2D eigenvalue weighted by Crippen LogP contribution is 2.43. The Balaban J connectivity index is 1.58. The van der Waals surface area contributed by atoms with Crippen LogP contribution in [0.2, 0.25) is 0 Å². The van der Waals surface area contributed by atoms with E-state index in [0.717, 1.165) is 65.8 Å². The molecule has 1 aliphatic carbocycles. The van der Waals surface area contributed by atoms with E-state index in [1.807, 2.05) is 0 Å². The highest BCUT2D eigenvalue weighted by molar-refractivity contribution is 7.26. The van der Waals surface area contributed by atoms with Gasteiger partial charge in [0.25, 0.3) is 0 Å². The molecule has 0 unspecified atom stereocenters. The number of nitrogens with zero attached hydrogens (tertiary/aromatic N) is 6. The SMILES string of the molecule is OC1CN(c2nnnc3c2sc2nc(N4CCOCC4)c4c(c23)CCCC4)C1. The van der Waals surface area contributed by atoms with Crippen LogP contribution in [0, 0.1) is 0 Å². The number of fused-ring (bicyclic) bond motifs is 5. The van der Waals surface area contributed by atoms with Gasteiger partial charge in [0.1, 0.15) is 20.9 Å². The molecule has 28 heavy (non-hydrogen) atoms. The fourth-order valence-electron chi connectivity index (χ4n) is 4.63. The third-order valence-corrected chi connectivity index (χ3v) is 7.14. The van der Waals surface area contributed by atoms with Gasteiger partial charge in [0.15, 0.2) is 5.82 Å². The molecule has 1 N–H and O–H groups in total. The Morgan fingerprint density at radius 1 is 0.964 bits per heavy atom. The molecule has 9 heteroatoms. The van der Waals surface area contributed by atoms with Gasteiger partial charge in [-0.15, -0.1) is 21.5 Å². The minimum atomic E-state index is -0.279. The van der Waals surface area contributed by atoms with E-state index in [1.54, 1.807) is 11.3 Å². The molecule has 3 aliphatic rings. The number of hydrogen-bond donors (Lipinski definition) is 1. The van der Waals surface area contributed by atoms with Crippen molar-refractivity contribution in [2.75, 3.05) is 49.2 Å². The number of hydrogen-bond acceptors (Lipinski definition) is 9. The van der Waals surface area contributed by atoms with Gasteiger partial charge in [0.05, 0.1) is 19.3 Å². The van der Waals surface area contributed by atoms with E-state index in [9.17, 15) is 5.11 Å². The molecular weight excluding hydrogens is 376 g/mol. The Morgan fingerprint density at radius 3 is 2.54 bits per heavy atom. The largest absolute Gasteiger partial charge is 0.389 e. The van der Waals surface area contributed by atoms with E-state index in [0.29, 0.717) is 13.1 Å². The van der Waals surface area contributed by atoms with Crippen molar-refractivity contribution in [3.8, 4) is 0 Å². The smallest absolute Gasteiger partial charge is 0.173 e. The number of pyridine rings is 1. The summed E-state index contributed by atoms with van der Waals surface area (Å²) in [5, 5.41) is 23.6. The Hall–Kier alpha value is -2.10. The lowest BCUT2D eigenvalue weighted by Crippen LogP contribution is -2.51. The summed E-state index contributed by atoms with van der Waals surface area (Å²) in [6, 6.07) is 0. The fourth-order valence-corrected chi connectivity index (χ4v) is 5.78. The van der Waals surface area contributed by atoms with Crippen molar-refractivity contribution in [2.45, 2.75) is 31.8 Å². The second-order valence-electron chi connectivity index (χ2n) is 7.83. The van der Waals surface area contributed by atoms with Gasteiger partial charge in [-0.3, -0.25) is 0 Å². The molecule has 0 radical (unpaired) electrons. The van der Waals surface area contributed by atoms with Crippen LogP contribution in [-0.2, 0) is 17.6 Å². The van der Waals surface area contributed by atoms with Crippen LogP contribution in [0.25, 0.3) is 20.4 Å². The van der Waals surface area contributed by atoms with Gasteiger partial charge in [-0.1, -0.05) is 0 Å². The molecule has 3 aromatic rings. The average Bonchev–Trinajstić information content (AvgIpc) is 3.10. The first-order chi connectivity index (χ1) is 13.8. The summed E-state index contributed by atoms with van der Waals surface area (Å²) >= 11 is 1.66. The van der Waals surface area contributed by atoms with Crippen molar-refractivity contribution < 1.29 is 9.84 Å². The van der Waals surface area contributed by atoms with Crippen LogP contribution in [0.4, 0.5) is 11.6 Å². The van der Waals surface area contributed by atoms with Gasteiger partial charge in [0, 0.05) is 31.6 Å². The minimum Gasteiger partial charge on any atom is -0.389 e. The topological polar surface area (TPSA) is 87.5 Å². The van der Waals surface area contributed by atoms with Crippen molar-refractivity contribution in [3.63, 3.8) is 0 Å². The number of anilines is 2. The highest BCUT2D eigenvalue weighted by atomic mass is 32.1. The monoisotopic (exact) mass is 398 g/mol. The molecule has 146 valence electrons. The quantitative estimate of drug-likeness (QED) is 0.695. The number of thiophene rings is 1. The highest BCUT2D eigenvalue weighted by Gasteiger charge is 2.31. The number of ether oxygens (including phenoxy) is 1. The first-order valence-corrected chi connectivity index (χ1v) is 10.8. The molecule has 0 saturated carbocycles. The summed E-state index contributed by atoms with van der Waals surface area (Å²) < 4.78 is 6.59. The van der Waals surface area contributed by atoms with E-state index in [4.69, 9.17) is 9.72 Å². The van der Waals surface area contributed by atoms with E-state index in [-0.39, 0.29) is 6.10 Å². The Kier molecular flexibility index (Phi) is 3.88. The van der Waals surface area contributed by atoms with Gasteiger partial charge >= 0.3 is 0 Å². The Labute approximate surface area is 166 Å². The fraction of sp³-hybridized carbons (Fsp3) is 0.579. The molecule has 0 spiro atoms. The van der Waals surface area contributed by atoms with E-state index < -0.39 is 0 Å². The molecule has 3 aromatic heterocycles. The van der Waals surface area contributed by atoms with Crippen molar-refractivity contribution in [1.82, 2.24) is 20.4 Å². The standard InChI is InChI=1S/C19H22N6O2S/c26-11-9-25(10-11)18-16-15(21-23-22-18)14-12-3-1-2-4-13(12)17(20-19(14)28-16)24-5-7-27-8-6-24/h11,26H,1-10H2. The molecule has 0 atom stereocenters. The second-order valence-corrected chi connectivity index (χ2v) is 8.83. The Morgan fingerprint density at radius 2 is 1.75 bits per heavy atom. The average molecular weight is 398 g/mol. The second kappa shape index (κ2) is 6.47. The van der Waals surface area contributed by atoms with Crippen LogP contribution in [0.15, 0.2) is 0 Å². The van der Waals surface area contributed by atoms with Crippen LogP contribution >= 0.6 is 11.3 Å². The number of β-amino-alcohol motifs (C(OH)–C–C–N with tert-alkyl or cyclic N) is 1. The van der Waals surface area contributed by atoms with Crippen molar-refractivity contribution in [3.05, 3.63) is 11.1 Å². The van der Waals surface area contributed by atoms with Crippen LogP contribution < -0.4 is 9.80 Å². The molecular formula is C19H22N6O2S. The lowest BCUT2D eigenvalue weighted by Gasteiger charge is -2.36. The molecule has 0 amide bonds. The predicted octanol–water partition coefficient (Wildman–Crippen LogP) is 1.53. The number of aryl methyl sites for hydroxylation is 1. The molecule has 2 fully saturated rings. The van der Waals surface area contributed by atoms with E-state index in [2.05, 4.69) is 25.2 Å². The maximum absolute atomic E-state index is 9.70. The minimum absolute atomic E-state index is 0.279. The van der Waals surface area contributed by atoms with Crippen molar-refractivity contribution in [1.29, 1.82) is 0 Å². The van der Waals surface area contributed by atoms with Gasteiger partial charge in [-0.25, -0.2) is 4.98 Å². The van der Waals surface area contributed by atoms with Gasteiger partial charge in [-0.2, -0.15) is 0 Å². The summed E-state index contributed by atoms with van der Waals surface area (Å²) in [6.45, 7) is 4.52. The summed E-state index contributed by atoms with van der Waals surface area (Å²) in [6.07, 6.45) is 4.28. The van der Waals surface area contributed by atoms with Gasteiger partial charge in [-0.05, 0) is 42.0 Å². The number of morpholine rings is 1. The zero-order chi connectivity index (χ0) is 18.7. The van der Waals surface area contributed by atoms with Crippen LogP contribution in [0.3, 0.4) is 0 Å². The van der Waals surface area contributed by atoms with Gasteiger partial charge in [0.2, 0.25) is 0 Å².